The van der Waals surface area contributed by atoms with Crippen molar-refractivity contribution in [2.75, 3.05) is 0 Å². The van der Waals surface area contributed by atoms with Gasteiger partial charge in [0.25, 0.3) is 0 Å². The molecule has 0 unspecified atom stereocenters. The summed E-state index contributed by atoms with van der Waals surface area (Å²) in [7, 11) is -4.07. The molecule has 0 saturated carbocycles. The Balaban J connectivity index is 0.000000229. The molecule has 0 aliphatic carbocycles. The van der Waals surface area contributed by atoms with Crippen LogP contribution in [0.2, 0.25) is 0 Å². The van der Waals surface area contributed by atoms with Gasteiger partial charge >= 0.3 is 26.6 Å². The zero-order valence-electron chi connectivity index (χ0n) is 54.7. The van der Waals surface area contributed by atoms with Gasteiger partial charge in [-0.25, -0.2) is 57.1 Å². The maximum absolute atomic E-state index is 14.6. The van der Waals surface area contributed by atoms with Gasteiger partial charge in [0.2, 0.25) is 0 Å². The Kier molecular flexibility index (Phi) is 31.8. The van der Waals surface area contributed by atoms with Crippen molar-refractivity contribution in [1.82, 2.24) is 0 Å². The van der Waals surface area contributed by atoms with Crippen LogP contribution in [-0.2, 0) is 0 Å². The summed E-state index contributed by atoms with van der Waals surface area (Å²) in [5, 5.41) is 43.3. The molecule has 11 aromatic rings. The number of halogens is 22. The molecular weight excluding hydrogens is 1620 g/mol. The maximum atomic E-state index is 14.6. The summed E-state index contributed by atoms with van der Waals surface area (Å²) >= 11 is 9.34. The van der Waals surface area contributed by atoms with Gasteiger partial charge in [0.1, 0.15) is 23.3 Å². The van der Waals surface area contributed by atoms with Crippen LogP contribution in [0.5, 0.6) is 5.75 Å². The Labute approximate surface area is 615 Å². The molecule has 0 spiro atoms. The van der Waals surface area contributed by atoms with E-state index in [-0.39, 0.29) is 61.6 Å². The number of phenolic OH excluding ortho intramolecular Hbond substituents is 1. The molecule has 0 fully saturated rings. The number of hydrogen-bond acceptors (Lipinski definition) is 5. The third-order valence-corrected chi connectivity index (χ3v) is 16.1. The van der Waals surface area contributed by atoms with Gasteiger partial charge in [-0.3, -0.25) is 0 Å². The molecule has 548 valence electrons. The minimum absolute atomic E-state index is 0.0684. The third kappa shape index (κ3) is 24.7. The lowest BCUT2D eigenvalue weighted by atomic mass is 9.79. The lowest BCUT2D eigenvalue weighted by Crippen LogP contribution is -2.33. The topological polar surface area (TPSA) is 101 Å². The second kappa shape index (κ2) is 38.7. The molecular formula is C76H54B2Br3F19O5. The molecule has 5 N–H and O–H groups in total. The molecule has 29 heteroatoms. The fraction of sp³-hybridized carbons (Fsp3) is 0.0789. The van der Waals surface area contributed by atoms with Crippen LogP contribution in [0, 0.1) is 103 Å². The van der Waals surface area contributed by atoms with Gasteiger partial charge in [-0.15, -0.1) is 0 Å². The van der Waals surface area contributed by atoms with Crippen LogP contribution in [0.3, 0.4) is 0 Å². The summed E-state index contributed by atoms with van der Waals surface area (Å²) in [6.07, 6.45) is -8.93. The number of phenols is 1. The molecule has 0 aliphatic rings. The van der Waals surface area contributed by atoms with E-state index in [0.717, 1.165) is 57.5 Å². The highest BCUT2D eigenvalue weighted by Gasteiger charge is 2.34. The molecule has 11 rings (SSSR count). The lowest BCUT2D eigenvalue weighted by molar-refractivity contribution is -0.0695. The minimum atomic E-state index is -4.58. The van der Waals surface area contributed by atoms with E-state index in [0.29, 0.717) is 32.3 Å². The predicted molar refractivity (Wildman–Crippen MR) is 380 cm³/mol. The van der Waals surface area contributed by atoms with E-state index in [9.17, 15) is 83.4 Å². The lowest BCUT2D eigenvalue weighted by Gasteiger charge is -2.12. The fourth-order valence-corrected chi connectivity index (χ4v) is 9.52. The Hall–Kier alpha value is -9.22. The van der Waals surface area contributed by atoms with Crippen LogP contribution >= 0.6 is 47.8 Å². The van der Waals surface area contributed by atoms with Gasteiger partial charge in [0, 0.05) is 46.6 Å². The summed E-state index contributed by atoms with van der Waals surface area (Å²) in [6.45, 7) is 12.4. The highest BCUT2D eigenvalue weighted by Crippen LogP contribution is 2.37. The Bertz CT molecular complexity index is 4800. The third-order valence-electron chi connectivity index (χ3n) is 14.6. The van der Waals surface area contributed by atoms with Crippen LogP contribution in [0.25, 0.3) is 55.7 Å². The van der Waals surface area contributed by atoms with Crippen molar-refractivity contribution in [1.29, 1.82) is 0 Å². The van der Waals surface area contributed by atoms with Crippen molar-refractivity contribution in [2.45, 2.75) is 40.0 Å². The predicted octanol–water partition coefficient (Wildman–Crippen LogP) is 22.0. The van der Waals surface area contributed by atoms with Crippen LogP contribution in [0.15, 0.2) is 227 Å². The van der Waals surface area contributed by atoms with Crippen LogP contribution in [0.4, 0.5) is 83.4 Å². The zero-order chi connectivity index (χ0) is 78.7. The second-order valence-electron chi connectivity index (χ2n) is 22.0. The van der Waals surface area contributed by atoms with Gasteiger partial charge in [-0.2, -0.15) is 26.3 Å². The number of alkyl halides is 6. The highest BCUT2D eigenvalue weighted by molar-refractivity contribution is 9.11. The number of benzene rings is 11. The first-order valence-corrected chi connectivity index (χ1v) is 32.2. The molecule has 0 bridgehead atoms. The Morgan fingerprint density at radius 3 is 0.971 bits per heavy atom. The van der Waals surface area contributed by atoms with Gasteiger partial charge in [-0.05, 0) is 156 Å². The number of aromatic hydroxyl groups is 1. The van der Waals surface area contributed by atoms with E-state index in [2.05, 4.69) is 60.9 Å². The smallest absolute Gasteiger partial charge is 0.491 e. The van der Waals surface area contributed by atoms with Gasteiger partial charge in [-0.1, -0.05) is 188 Å². The summed E-state index contributed by atoms with van der Waals surface area (Å²) in [5.74, 6) is -11.7. The summed E-state index contributed by atoms with van der Waals surface area (Å²) in [6, 6.07) is 44.0. The van der Waals surface area contributed by atoms with Crippen molar-refractivity contribution in [3.8, 4) is 50.3 Å². The van der Waals surface area contributed by atoms with Crippen LogP contribution in [0.1, 0.15) is 33.4 Å². The average molecular weight is 1670 g/mol. The molecule has 5 nitrogen and oxygen atoms in total. The van der Waals surface area contributed by atoms with Crippen molar-refractivity contribution >= 4 is 84.1 Å². The first-order valence-electron chi connectivity index (χ1n) is 29.8. The molecule has 11 aromatic carbocycles. The van der Waals surface area contributed by atoms with Crippen molar-refractivity contribution in [3.05, 3.63) is 336 Å². The standard InChI is InChI=1S/C22H14F6.C13H10BF3O2.C13H9F3.C9H6BrF3.C7H6BrF.C6H5BF2O2.C6H4BrFO/c1-12-3-4-16(11-19(12)23)18-10-9-17(20(24)21(18)25)15-7-5-14(6-8-15)13(2)22(26,27)28;1-7-2-3-8(6-11(7)15)9-4-5-10(14(18)19)13(17)12(9)16;1-8-5-6-9(7-12(8)15)10-3-2-4-11(14)13(10)16;1-6(9(11,12)13)7-2-4-8(10)5-3-7;1-5-2-3-6(8)4-7(5)9;8-5-3-1-2-4(6(5)9)7(10)11;7-4-1-2-6(9)5(8)3-4/h3-11H,2H2,1H3;2-6,18-19H,1H3;2-7H,1H3;2-5H,1H2;2-4H,1H3;1-3,10-11H;1-3,9H. The SMILES string of the molecule is C=C(c1ccc(-c2ccc(-c3ccc(C)c(F)c3)c(F)c2F)cc1)C(F)(F)F.C=C(c1ccc(Br)cc1)C(F)(F)F.Cc1ccc(-c2ccc(B(O)O)c(F)c2F)cc1F.Cc1ccc(-c2cccc(F)c2F)cc1F.Cc1ccc(Br)cc1F.OB(O)c1cccc(F)c1F.Oc1ccc(Br)cc1F. The van der Waals surface area contributed by atoms with Gasteiger partial charge < -0.3 is 25.2 Å². The molecule has 0 heterocycles. The Morgan fingerprint density at radius 1 is 0.305 bits per heavy atom. The van der Waals surface area contributed by atoms with Crippen molar-refractivity contribution < 1.29 is 109 Å². The van der Waals surface area contributed by atoms with E-state index < -0.39 is 118 Å². The van der Waals surface area contributed by atoms with E-state index in [1.165, 1.54) is 115 Å². The van der Waals surface area contributed by atoms with E-state index in [4.69, 9.17) is 25.2 Å². The number of allylic oxidation sites excluding steroid dienone is 2. The van der Waals surface area contributed by atoms with Crippen LogP contribution in [-0.4, -0.2) is 51.8 Å². The molecule has 0 amide bonds. The maximum Gasteiger partial charge on any atom is 0.491 e. The monoisotopic (exact) mass is 1670 g/mol. The molecule has 0 aromatic heterocycles. The van der Waals surface area contributed by atoms with Gasteiger partial charge in [0.05, 0.1) is 11.1 Å². The summed E-state index contributed by atoms with van der Waals surface area (Å²) < 4.78 is 250. The molecule has 105 heavy (non-hydrogen) atoms. The van der Waals surface area contributed by atoms with Crippen LogP contribution < -0.4 is 10.9 Å². The normalized spacial score (nSPS) is 10.7. The molecule has 0 saturated heterocycles. The quantitative estimate of drug-likeness (QED) is 0.0771. The number of aryl methyl sites for hydroxylation is 4. The Morgan fingerprint density at radius 2 is 0.610 bits per heavy atom. The summed E-state index contributed by atoms with van der Waals surface area (Å²) in [5.41, 5.74) is -0.397. The zero-order valence-corrected chi connectivity index (χ0v) is 59.4. The molecule has 0 aliphatic heterocycles. The van der Waals surface area contributed by atoms with Crippen molar-refractivity contribution in [2.24, 2.45) is 0 Å². The minimum Gasteiger partial charge on any atom is -0.505 e. The molecule has 0 atom stereocenters. The average Bonchev–Trinajstić information content (AvgIpc) is 0.788. The first kappa shape index (κ1) is 86.4. The van der Waals surface area contributed by atoms with E-state index >= 15 is 0 Å². The van der Waals surface area contributed by atoms with E-state index in [1.807, 2.05) is 6.07 Å². The largest absolute Gasteiger partial charge is 0.505 e. The molecule has 0 radical (unpaired) electrons. The summed E-state index contributed by atoms with van der Waals surface area (Å²) in [4.78, 5) is 0. The van der Waals surface area contributed by atoms with Crippen molar-refractivity contribution in [3.63, 3.8) is 0 Å². The number of hydrogen-bond donors (Lipinski definition) is 5. The first-order chi connectivity index (χ1) is 49.0. The fourth-order valence-electron chi connectivity index (χ4n) is 8.59. The number of rotatable bonds is 8. The highest BCUT2D eigenvalue weighted by atomic mass is 79.9. The van der Waals surface area contributed by atoms with E-state index in [1.54, 1.807) is 58.0 Å². The van der Waals surface area contributed by atoms with Gasteiger partial charge in [0.15, 0.2) is 58.1 Å². The second-order valence-corrected chi connectivity index (χ2v) is 24.8.